The van der Waals surface area contributed by atoms with E-state index >= 15 is 0 Å². The van der Waals surface area contributed by atoms with Crippen molar-refractivity contribution in [3.8, 4) is 0 Å². The summed E-state index contributed by atoms with van der Waals surface area (Å²) in [6.07, 6.45) is 0. The highest BCUT2D eigenvalue weighted by molar-refractivity contribution is 9.78. The maximum Gasteiger partial charge on any atom is 0.262 e. The highest BCUT2D eigenvalue weighted by atomic mass is 80.0. The summed E-state index contributed by atoms with van der Waals surface area (Å²) in [7, 11) is -3.92. The Balaban J connectivity index is 6.71. The first kappa shape index (κ1) is 23.7. The molecule has 0 aliphatic heterocycles. The molecule has 0 saturated heterocycles. The third-order valence-corrected chi connectivity index (χ3v) is 222. The lowest BCUT2D eigenvalue weighted by Gasteiger charge is -2.60. The molecule has 0 amide bonds. The Morgan fingerprint density at radius 3 is 0.650 bits per heavy atom. The van der Waals surface area contributed by atoms with Gasteiger partial charge in [0.25, 0.3) is 3.45 Å². The van der Waals surface area contributed by atoms with Crippen LogP contribution >= 0.6 is 76.5 Å². The van der Waals surface area contributed by atoms with E-state index < -0.39 is 36.7 Å². The van der Waals surface area contributed by atoms with Crippen molar-refractivity contribution in [3.63, 3.8) is 0 Å². The molecule has 122 valence electrons. The first-order valence-corrected chi connectivity index (χ1v) is 39.5. The molecule has 1 atom stereocenters. The molecule has 0 aliphatic rings. The molecule has 0 spiro atoms. The Hall–Kier alpha value is 3.70. The molecule has 0 heterocycles. The van der Waals surface area contributed by atoms with Crippen LogP contribution in [0.1, 0.15) is 0 Å². The second kappa shape index (κ2) is 6.78. The van der Waals surface area contributed by atoms with Gasteiger partial charge in [-0.1, -0.05) is 105 Å². The molecule has 20 heavy (non-hydrogen) atoms. The highest BCUT2D eigenvalue weighted by Crippen LogP contribution is 2.56. The minimum atomic E-state index is -1.76. The van der Waals surface area contributed by atoms with Crippen molar-refractivity contribution in [3.05, 3.63) is 0 Å². The largest absolute Gasteiger partial charge is 0.262 e. The molecule has 0 rings (SSSR count). The molecule has 0 aromatic carbocycles. The van der Waals surface area contributed by atoms with Gasteiger partial charge in [0, 0.05) is 15.2 Å². The van der Waals surface area contributed by atoms with Gasteiger partial charge < -0.3 is 0 Å². The second-order valence-corrected chi connectivity index (χ2v) is 111. The zero-order valence-corrected chi connectivity index (χ0v) is 27.8. The van der Waals surface area contributed by atoms with Crippen LogP contribution in [0, 0.1) is 0 Å². The van der Waals surface area contributed by atoms with Crippen LogP contribution in [-0.2, 0) is 0 Å². The van der Waals surface area contributed by atoms with E-state index in [-0.39, 0.29) is 0 Å². The van der Waals surface area contributed by atoms with Gasteiger partial charge in [-0.25, -0.2) is 0 Å². The summed E-state index contributed by atoms with van der Waals surface area (Å²) in [6.45, 7) is 23.3. The molecule has 1 unspecified atom stereocenters. The van der Waals surface area contributed by atoms with E-state index in [9.17, 15) is 0 Å². The summed E-state index contributed by atoms with van der Waals surface area (Å²) in [6, 6.07) is 0. The number of hydrogen-bond donors (Lipinski definition) is 0. The minimum Gasteiger partial charge on any atom is -0.136 e. The molecule has 0 bridgehead atoms. The Kier molecular flexibility index (Phi) is 8.04. The van der Waals surface area contributed by atoms with Gasteiger partial charge in [-0.05, 0) is 0 Å². The summed E-state index contributed by atoms with van der Waals surface area (Å²) in [5.41, 5.74) is 0. The van der Waals surface area contributed by atoms with E-state index in [0.29, 0.717) is 0 Å². The first-order valence-electron chi connectivity index (χ1n) is 6.69. The smallest absolute Gasteiger partial charge is 0.136 e. The van der Waals surface area contributed by atoms with Crippen LogP contribution in [0.4, 0.5) is 0 Å². The van der Waals surface area contributed by atoms with Crippen molar-refractivity contribution in [1.82, 2.24) is 0 Å². The monoisotopic (exact) mass is 698 g/mol. The molecule has 0 nitrogen and oxygen atoms in total. The van der Waals surface area contributed by atoms with Gasteiger partial charge in [-0.2, -0.15) is 0 Å². The molecule has 11 heteroatoms. The minimum absolute atomic E-state index is 1.29. The van der Waals surface area contributed by atoms with E-state index in [2.05, 4.69) is 135 Å². The average molecular weight is 703 g/mol. The molecule has 0 fully saturated rings. The predicted molar refractivity (Wildman–Crippen MR) is 132 cm³/mol. The SMILES string of the molecule is C[Si](C)(C)[Si](Br)([Si](C)(C)C)[Si](Br)([Si](C)(C)C)[Si](Br)(Br)Br. The van der Waals surface area contributed by atoms with Gasteiger partial charge in [-0.3, -0.25) is 0 Å². The third kappa shape index (κ3) is 3.92. The van der Waals surface area contributed by atoms with Crippen LogP contribution < -0.4 is 0 Å². The van der Waals surface area contributed by atoms with Crippen LogP contribution in [0.3, 0.4) is 0 Å². The summed E-state index contributed by atoms with van der Waals surface area (Å²) in [4.78, 5) is 0. The van der Waals surface area contributed by atoms with Gasteiger partial charge >= 0.3 is 0 Å². The zero-order chi connectivity index (χ0) is 17.0. The summed E-state index contributed by atoms with van der Waals surface area (Å²) >= 11 is 21.5. The third-order valence-electron chi connectivity index (χ3n) is 3.97. The molecule has 0 radical (unpaired) electrons. The number of hydrogen-bond acceptors (Lipinski definition) is 0. The zero-order valence-electron chi connectivity index (χ0n) is 13.9. The normalized spacial score (nSPS) is 18.9. The van der Waals surface area contributed by atoms with Crippen LogP contribution in [0.2, 0.25) is 58.9 Å². The first-order chi connectivity index (χ1) is 8.25. The summed E-state index contributed by atoms with van der Waals surface area (Å²) < 4.78 is -1.76. The standard InChI is InChI=1S/C9H27Br5Si6/c1-15(2,3)19(13,16(4,5)6)20(14,17(7,8)9)18(10,11)12/h1-9H3. The van der Waals surface area contributed by atoms with Gasteiger partial charge in [0.15, 0.2) is 5.25 Å². The van der Waals surface area contributed by atoms with Crippen molar-refractivity contribution in [1.29, 1.82) is 0 Å². The van der Waals surface area contributed by atoms with Crippen LogP contribution in [-0.4, -0.2) is 36.7 Å². The molecule has 0 aliphatic carbocycles. The lowest BCUT2D eigenvalue weighted by Crippen LogP contribution is -2.90. The Bertz CT molecular complexity index is 297. The lowest BCUT2D eigenvalue weighted by atomic mass is 11.8. The van der Waals surface area contributed by atoms with Crippen molar-refractivity contribution in [2.75, 3.05) is 0 Å². The molecular formula is C9H27Br5Si6. The van der Waals surface area contributed by atoms with Crippen molar-refractivity contribution < 1.29 is 0 Å². The fourth-order valence-electron chi connectivity index (χ4n) is 3.30. The Morgan fingerprint density at radius 1 is 0.400 bits per heavy atom. The highest BCUT2D eigenvalue weighted by Gasteiger charge is 2.76. The topological polar surface area (TPSA) is 0 Å². The van der Waals surface area contributed by atoms with Gasteiger partial charge in [0.2, 0.25) is 0 Å². The lowest BCUT2D eigenvalue weighted by molar-refractivity contribution is 1.80. The van der Waals surface area contributed by atoms with Crippen LogP contribution in [0.25, 0.3) is 0 Å². The Labute approximate surface area is 169 Å². The molecule has 0 N–H and O–H groups in total. The maximum atomic E-state index is 4.58. The van der Waals surface area contributed by atoms with E-state index in [1.165, 1.54) is 0 Å². The molecule has 0 saturated carbocycles. The Morgan fingerprint density at radius 2 is 0.600 bits per heavy atom. The molecule has 0 aromatic rings. The maximum absolute atomic E-state index is 4.58. The van der Waals surface area contributed by atoms with Gasteiger partial charge in [0.05, 0.1) is 7.59 Å². The van der Waals surface area contributed by atoms with E-state index in [4.69, 9.17) is 0 Å². The van der Waals surface area contributed by atoms with E-state index in [1.807, 2.05) is 0 Å². The van der Waals surface area contributed by atoms with Crippen molar-refractivity contribution in [2.24, 2.45) is 0 Å². The van der Waals surface area contributed by atoms with E-state index in [1.54, 1.807) is 0 Å². The fraction of sp³-hybridized carbons (Fsp3) is 1.00. The van der Waals surface area contributed by atoms with E-state index in [0.717, 1.165) is 0 Å². The van der Waals surface area contributed by atoms with Gasteiger partial charge in [-0.15, -0.1) is 30.6 Å². The second-order valence-electron chi connectivity index (χ2n) is 8.56. The number of rotatable bonds is 5. The number of halogens is 5. The van der Waals surface area contributed by atoms with Crippen LogP contribution in [0.5, 0.6) is 0 Å². The summed E-state index contributed by atoms with van der Waals surface area (Å²) in [5, 5.41) is -3.21. The molecular weight excluding hydrogens is 676 g/mol. The van der Waals surface area contributed by atoms with Gasteiger partial charge in [0.1, 0.15) is 5.25 Å². The van der Waals surface area contributed by atoms with Crippen LogP contribution in [0.15, 0.2) is 0 Å². The molecule has 0 aromatic heterocycles. The summed E-state index contributed by atoms with van der Waals surface area (Å²) in [5.74, 6) is 0. The van der Waals surface area contributed by atoms with Crippen molar-refractivity contribution >= 4 is 113 Å². The predicted octanol–water partition coefficient (Wildman–Crippen LogP) is 7.20. The average Bonchev–Trinajstić information content (AvgIpc) is 2.07. The van der Waals surface area contributed by atoms with Crippen molar-refractivity contribution in [2.45, 2.75) is 58.9 Å². The quantitative estimate of drug-likeness (QED) is 0.210. The fourth-order valence-corrected chi connectivity index (χ4v) is 340.